The number of ether oxygens (including phenoxy) is 1. The van der Waals surface area contributed by atoms with Crippen molar-refractivity contribution in [1.29, 1.82) is 0 Å². The SMILES string of the molecule is COc1c(Cl)cc2cc(C(=O)O)[nH]c2c1N. The monoisotopic (exact) mass is 240 g/mol. The number of nitrogens with two attached hydrogens (primary N) is 1. The second-order valence-corrected chi connectivity index (χ2v) is 3.66. The van der Waals surface area contributed by atoms with Crippen molar-refractivity contribution >= 4 is 34.2 Å². The average molecular weight is 241 g/mol. The summed E-state index contributed by atoms with van der Waals surface area (Å²) < 4.78 is 5.03. The third-order valence-electron chi connectivity index (χ3n) is 2.30. The van der Waals surface area contributed by atoms with Crippen molar-refractivity contribution in [3.8, 4) is 5.75 Å². The van der Waals surface area contributed by atoms with Gasteiger partial charge in [-0.25, -0.2) is 4.79 Å². The zero-order valence-corrected chi connectivity index (χ0v) is 9.13. The van der Waals surface area contributed by atoms with Crippen LogP contribution in [0, 0.1) is 0 Å². The Labute approximate surface area is 95.8 Å². The number of rotatable bonds is 2. The van der Waals surface area contributed by atoms with E-state index in [-0.39, 0.29) is 5.69 Å². The molecule has 0 saturated carbocycles. The minimum absolute atomic E-state index is 0.0611. The van der Waals surface area contributed by atoms with Crippen LogP contribution in [0.3, 0.4) is 0 Å². The van der Waals surface area contributed by atoms with E-state index in [9.17, 15) is 4.79 Å². The van der Waals surface area contributed by atoms with E-state index >= 15 is 0 Å². The lowest BCUT2D eigenvalue weighted by molar-refractivity contribution is 0.0691. The third kappa shape index (κ3) is 1.45. The number of carboxylic acid groups (broad SMARTS) is 1. The first-order chi connectivity index (χ1) is 7.54. The minimum Gasteiger partial charge on any atom is -0.493 e. The topological polar surface area (TPSA) is 88.3 Å². The zero-order valence-electron chi connectivity index (χ0n) is 8.37. The smallest absolute Gasteiger partial charge is 0.352 e. The zero-order chi connectivity index (χ0) is 11.9. The number of nitrogens with one attached hydrogen (secondary N) is 1. The standard InChI is InChI=1S/C10H9ClN2O3/c1-16-9-5(11)2-4-3-6(10(14)15)13-8(4)7(9)12/h2-3,13H,12H2,1H3,(H,14,15). The Hall–Kier alpha value is -1.88. The fraction of sp³-hybridized carbons (Fsp3) is 0.100. The first kappa shape index (κ1) is 10.6. The van der Waals surface area contributed by atoms with E-state index in [0.717, 1.165) is 0 Å². The molecule has 1 aromatic heterocycles. The lowest BCUT2D eigenvalue weighted by atomic mass is 10.2. The van der Waals surface area contributed by atoms with Crippen molar-refractivity contribution in [2.75, 3.05) is 12.8 Å². The lowest BCUT2D eigenvalue weighted by Gasteiger charge is -2.07. The summed E-state index contributed by atoms with van der Waals surface area (Å²) in [6.45, 7) is 0. The van der Waals surface area contributed by atoms with E-state index in [2.05, 4.69) is 4.98 Å². The van der Waals surface area contributed by atoms with E-state index in [0.29, 0.717) is 27.4 Å². The van der Waals surface area contributed by atoms with E-state index in [4.69, 9.17) is 27.2 Å². The molecule has 2 aromatic rings. The molecule has 0 unspecified atom stereocenters. The number of benzene rings is 1. The Bertz CT molecular complexity index is 577. The summed E-state index contributed by atoms with van der Waals surface area (Å²) in [6.07, 6.45) is 0. The van der Waals surface area contributed by atoms with Crippen molar-refractivity contribution in [1.82, 2.24) is 4.98 Å². The molecule has 0 aliphatic carbocycles. The summed E-state index contributed by atoms with van der Waals surface area (Å²) in [5.41, 5.74) is 6.69. The maximum atomic E-state index is 10.8. The van der Waals surface area contributed by atoms with Crippen LogP contribution in [0.15, 0.2) is 12.1 Å². The van der Waals surface area contributed by atoms with Gasteiger partial charge in [-0.3, -0.25) is 0 Å². The third-order valence-corrected chi connectivity index (χ3v) is 2.58. The summed E-state index contributed by atoms with van der Waals surface area (Å²) in [7, 11) is 1.45. The number of halogens is 1. The number of aromatic carboxylic acids is 1. The summed E-state index contributed by atoms with van der Waals surface area (Å²) in [5.74, 6) is -0.710. The molecule has 2 rings (SSSR count). The number of anilines is 1. The molecule has 0 saturated heterocycles. The van der Waals surface area contributed by atoms with E-state index < -0.39 is 5.97 Å². The molecule has 0 aliphatic heterocycles. The molecular weight excluding hydrogens is 232 g/mol. The summed E-state index contributed by atoms with van der Waals surface area (Å²) >= 11 is 5.93. The highest BCUT2D eigenvalue weighted by Crippen LogP contribution is 2.37. The number of nitrogen functional groups attached to an aromatic ring is 1. The van der Waals surface area contributed by atoms with Crippen LogP contribution in [-0.2, 0) is 0 Å². The van der Waals surface area contributed by atoms with Gasteiger partial charge in [0.1, 0.15) is 11.4 Å². The van der Waals surface area contributed by atoms with E-state index in [1.165, 1.54) is 13.2 Å². The number of carboxylic acids is 1. The van der Waals surface area contributed by atoms with E-state index in [1.54, 1.807) is 6.07 Å². The van der Waals surface area contributed by atoms with Crippen LogP contribution in [-0.4, -0.2) is 23.2 Å². The molecule has 0 aliphatic rings. The van der Waals surface area contributed by atoms with Crippen LogP contribution in [0.4, 0.5) is 5.69 Å². The van der Waals surface area contributed by atoms with Crippen LogP contribution in [0.1, 0.15) is 10.5 Å². The molecule has 1 heterocycles. The highest BCUT2D eigenvalue weighted by Gasteiger charge is 2.15. The molecular formula is C10H9ClN2O3. The fourth-order valence-corrected chi connectivity index (χ4v) is 1.87. The first-order valence-electron chi connectivity index (χ1n) is 4.42. The number of methoxy groups -OCH3 is 1. The Morgan fingerprint density at radius 2 is 2.25 bits per heavy atom. The van der Waals surface area contributed by atoms with Crippen molar-refractivity contribution in [2.24, 2.45) is 0 Å². The molecule has 0 bridgehead atoms. The Morgan fingerprint density at radius 3 is 2.81 bits per heavy atom. The molecule has 84 valence electrons. The van der Waals surface area contributed by atoms with Gasteiger partial charge in [0, 0.05) is 5.39 Å². The van der Waals surface area contributed by atoms with E-state index in [1.807, 2.05) is 0 Å². The number of H-pyrrole nitrogens is 1. The number of aromatic amines is 1. The molecule has 0 fully saturated rings. The predicted octanol–water partition coefficient (Wildman–Crippen LogP) is 2.11. The van der Waals surface area contributed by atoms with Gasteiger partial charge in [-0.2, -0.15) is 0 Å². The van der Waals surface area contributed by atoms with Gasteiger partial charge in [-0.1, -0.05) is 11.6 Å². The highest BCUT2D eigenvalue weighted by atomic mass is 35.5. The number of hydrogen-bond donors (Lipinski definition) is 3. The van der Waals surface area contributed by atoms with Crippen molar-refractivity contribution in [3.63, 3.8) is 0 Å². The molecule has 6 heteroatoms. The molecule has 5 nitrogen and oxygen atoms in total. The molecule has 0 amide bonds. The maximum Gasteiger partial charge on any atom is 0.352 e. The van der Waals surface area contributed by atoms with Crippen LogP contribution < -0.4 is 10.5 Å². The second-order valence-electron chi connectivity index (χ2n) is 3.26. The minimum atomic E-state index is -1.05. The molecule has 16 heavy (non-hydrogen) atoms. The summed E-state index contributed by atoms with van der Waals surface area (Å²) in [4.78, 5) is 13.5. The molecule has 0 spiro atoms. The van der Waals surface area contributed by atoms with Gasteiger partial charge in [0.2, 0.25) is 0 Å². The molecule has 0 atom stereocenters. The average Bonchev–Trinajstić information content (AvgIpc) is 2.62. The predicted molar refractivity (Wildman–Crippen MR) is 61.2 cm³/mol. The molecule has 1 aromatic carbocycles. The lowest BCUT2D eigenvalue weighted by Crippen LogP contribution is -1.96. The number of aromatic nitrogens is 1. The Morgan fingerprint density at radius 1 is 1.56 bits per heavy atom. The summed E-state index contributed by atoms with van der Waals surface area (Å²) in [6, 6.07) is 3.08. The number of hydrogen-bond acceptors (Lipinski definition) is 3. The Kier molecular flexibility index (Phi) is 2.40. The van der Waals surface area contributed by atoms with Crippen LogP contribution in [0.2, 0.25) is 5.02 Å². The highest BCUT2D eigenvalue weighted by molar-refractivity contribution is 6.33. The second kappa shape index (κ2) is 3.61. The Balaban J connectivity index is 2.78. The van der Waals surface area contributed by atoms with Crippen LogP contribution >= 0.6 is 11.6 Å². The van der Waals surface area contributed by atoms with Gasteiger partial charge >= 0.3 is 5.97 Å². The van der Waals surface area contributed by atoms with Gasteiger partial charge in [-0.05, 0) is 12.1 Å². The summed E-state index contributed by atoms with van der Waals surface area (Å²) in [5, 5.41) is 9.83. The number of fused-ring (bicyclic) bond motifs is 1. The van der Waals surface area contributed by atoms with Gasteiger partial charge in [0.15, 0.2) is 5.75 Å². The van der Waals surface area contributed by atoms with Gasteiger partial charge < -0.3 is 20.6 Å². The normalized spacial score (nSPS) is 10.6. The number of carbonyl (C=O) groups is 1. The fourth-order valence-electron chi connectivity index (χ4n) is 1.57. The van der Waals surface area contributed by atoms with Gasteiger partial charge in [0.05, 0.1) is 17.6 Å². The van der Waals surface area contributed by atoms with Crippen LogP contribution in [0.5, 0.6) is 5.75 Å². The van der Waals surface area contributed by atoms with Crippen molar-refractivity contribution in [2.45, 2.75) is 0 Å². The molecule has 0 radical (unpaired) electrons. The van der Waals surface area contributed by atoms with Crippen LogP contribution in [0.25, 0.3) is 10.9 Å². The quantitative estimate of drug-likeness (QED) is 0.702. The van der Waals surface area contributed by atoms with Gasteiger partial charge in [-0.15, -0.1) is 0 Å². The van der Waals surface area contributed by atoms with Crippen molar-refractivity contribution in [3.05, 3.63) is 22.8 Å². The maximum absolute atomic E-state index is 10.8. The van der Waals surface area contributed by atoms with Gasteiger partial charge in [0.25, 0.3) is 0 Å². The largest absolute Gasteiger partial charge is 0.493 e. The molecule has 4 N–H and O–H groups in total. The first-order valence-corrected chi connectivity index (χ1v) is 4.80. The van der Waals surface area contributed by atoms with Crippen molar-refractivity contribution < 1.29 is 14.6 Å².